The number of H-pyrrole nitrogens is 3. The SMILES string of the molecule is CC(C)(C)C[C@H]1CC(c2ccc(C(F)(F)F)c(-c3[nH]nc4ncccc34)n2)CCN1.CC(C)(C)C[C@H]1CN(c2ccc(Cl)c(-c3[nH]nc4ncccc34)n2)CCN1.CC(C)(C)C[C@H]1CN(c2cccc(-c3[nH]nc4ncccc34)n2)CCN1.[HH]. The Bertz CT molecular complexity index is 3640. The van der Waals surface area contributed by atoms with Crippen LogP contribution in [0.1, 0.15) is 113 Å². The van der Waals surface area contributed by atoms with Crippen molar-refractivity contribution in [2.45, 2.75) is 125 Å². The number of hydrogen-bond donors (Lipinski definition) is 6. The van der Waals surface area contributed by atoms with Crippen LogP contribution in [-0.4, -0.2) is 124 Å². The summed E-state index contributed by atoms with van der Waals surface area (Å²) < 4.78 is 41.3. The molecule has 12 rings (SSSR count). The number of anilines is 2. The van der Waals surface area contributed by atoms with Crippen LogP contribution in [0.5, 0.6) is 0 Å². The summed E-state index contributed by atoms with van der Waals surface area (Å²) in [5.74, 6) is 2.09. The molecule has 3 aliphatic heterocycles. The highest BCUT2D eigenvalue weighted by atomic mass is 35.5. The zero-order chi connectivity index (χ0) is 58.7. The maximum absolute atomic E-state index is 13.8. The first-order valence-electron chi connectivity index (χ1n) is 28.8. The smallest absolute Gasteiger partial charge is 0.354 e. The Labute approximate surface area is 489 Å². The molecule has 3 fully saturated rings. The molecule has 0 radical (unpaired) electrons. The van der Waals surface area contributed by atoms with E-state index in [0.717, 1.165) is 135 Å². The molecule has 9 aromatic rings. The highest BCUT2D eigenvalue weighted by Gasteiger charge is 2.37. The van der Waals surface area contributed by atoms with Gasteiger partial charge in [0.1, 0.15) is 23.0 Å². The normalized spacial score (nSPS) is 19.1. The Hall–Kier alpha value is -7.13. The summed E-state index contributed by atoms with van der Waals surface area (Å²) in [6, 6.07) is 25.3. The number of nitrogens with zero attached hydrogens (tertiary/aromatic N) is 11. The summed E-state index contributed by atoms with van der Waals surface area (Å²) in [5, 5.41) is 35.4. The number of pyridine rings is 6. The van der Waals surface area contributed by atoms with Gasteiger partial charge in [0.2, 0.25) is 0 Å². The summed E-state index contributed by atoms with van der Waals surface area (Å²) in [6.07, 6.45) is 5.54. The molecule has 17 nitrogen and oxygen atoms in total. The number of hydrogen-bond acceptors (Lipinski definition) is 14. The van der Waals surface area contributed by atoms with Crippen LogP contribution in [0.4, 0.5) is 24.8 Å². The molecule has 1 unspecified atom stereocenters. The van der Waals surface area contributed by atoms with Gasteiger partial charge in [-0.15, -0.1) is 0 Å². The van der Waals surface area contributed by atoms with Crippen LogP contribution >= 0.6 is 11.6 Å². The van der Waals surface area contributed by atoms with E-state index in [4.69, 9.17) is 21.6 Å². The number of aromatic amines is 3. The van der Waals surface area contributed by atoms with E-state index in [-0.39, 0.29) is 24.1 Å². The average Bonchev–Trinajstić information content (AvgIpc) is 3.79. The van der Waals surface area contributed by atoms with Crippen molar-refractivity contribution in [3.63, 3.8) is 0 Å². The third-order valence-electron chi connectivity index (χ3n) is 15.2. The number of aromatic nitrogens is 12. The molecule has 12 heterocycles. The molecule has 9 aromatic heterocycles. The molecule has 83 heavy (non-hydrogen) atoms. The number of halogens is 4. The number of piperidine rings is 1. The predicted molar refractivity (Wildman–Crippen MR) is 327 cm³/mol. The molecule has 21 heteroatoms. The van der Waals surface area contributed by atoms with E-state index < -0.39 is 11.7 Å². The molecule has 0 spiro atoms. The van der Waals surface area contributed by atoms with Crippen LogP contribution in [0, 0.1) is 16.2 Å². The van der Waals surface area contributed by atoms with Crippen molar-refractivity contribution >= 4 is 56.3 Å². The number of fused-ring (bicyclic) bond motifs is 3. The van der Waals surface area contributed by atoms with E-state index in [0.29, 0.717) is 56.4 Å². The molecule has 0 aromatic carbocycles. The van der Waals surface area contributed by atoms with Gasteiger partial charge in [-0.05, 0) is 128 Å². The van der Waals surface area contributed by atoms with Gasteiger partial charge >= 0.3 is 6.18 Å². The molecule has 0 amide bonds. The maximum atomic E-state index is 13.8. The van der Waals surface area contributed by atoms with E-state index in [1.54, 1.807) is 30.7 Å². The lowest BCUT2D eigenvalue weighted by molar-refractivity contribution is -0.137. The summed E-state index contributed by atoms with van der Waals surface area (Å²) >= 11 is 6.48. The van der Waals surface area contributed by atoms with Crippen LogP contribution < -0.4 is 25.8 Å². The fourth-order valence-electron chi connectivity index (χ4n) is 11.7. The van der Waals surface area contributed by atoms with E-state index >= 15 is 0 Å². The van der Waals surface area contributed by atoms with Crippen molar-refractivity contribution in [1.82, 2.24) is 76.4 Å². The third-order valence-corrected chi connectivity index (χ3v) is 15.5. The minimum Gasteiger partial charge on any atom is -0.354 e. The number of piperazine rings is 2. The summed E-state index contributed by atoms with van der Waals surface area (Å²) in [4.78, 5) is 31.8. The highest BCUT2D eigenvalue weighted by Crippen LogP contribution is 2.41. The molecular formula is C62H79ClF3N17. The van der Waals surface area contributed by atoms with Crippen LogP contribution in [0.2, 0.25) is 5.02 Å². The third kappa shape index (κ3) is 14.8. The van der Waals surface area contributed by atoms with Gasteiger partial charge in [-0.1, -0.05) is 80.0 Å². The summed E-state index contributed by atoms with van der Waals surface area (Å²) in [6.45, 7) is 26.9. The van der Waals surface area contributed by atoms with Gasteiger partial charge in [-0.3, -0.25) is 20.3 Å². The lowest BCUT2D eigenvalue weighted by atomic mass is 9.81. The first-order valence-corrected chi connectivity index (χ1v) is 29.2. The van der Waals surface area contributed by atoms with Crippen molar-refractivity contribution in [3.8, 4) is 34.2 Å². The zero-order valence-corrected chi connectivity index (χ0v) is 49.7. The van der Waals surface area contributed by atoms with Gasteiger partial charge in [0.15, 0.2) is 16.9 Å². The Balaban J connectivity index is 0.000000151. The van der Waals surface area contributed by atoms with Crippen LogP contribution in [0.15, 0.2) is 97.5 Å². The van der Waals surface area contributed by atoms with Gasteiger partial charge in [0, 0.05) is 105 Å². The number of alkyl halides is 3. The van der Waals surface area contributed by atoms with Crippen LogP contribution in [0.25, 0.3) is 67.3 Å². The second-order valence-electron chi connectivity index (χ2n) is 25.8. The Morgan fingerprint density at radius 1 is 0.530 bits per heavy atom. The lowest BCUT2D eigenvalue weighted by Crippen LogP contribution is -2.52. The van der Waals surface area contributed by atoms with Crippen molar-refractivity contribution < 1.29 is 14.6 Å². The summed E-state index contributed by atoms with van der Waals surface area (Å²) in [7, 11) is 0. The average molecular weight is 1150 g/mol. The monoisotopic (exact) mass is 1150 g/mol. The molecule has 0 saturated carbocycles. The zero-order valence-electron chi connectivity index (χ0n) is 49.0. The summed E-state index contributed by atoms with van der Waals surface area (Å²) in [5.41, 5.74) is 6.01. The first kappa shape index (κ1) is 59.0. The van der Waals surface area contributed by atoms with E-state index in [2.05, 4.69) is 151 Å². The maximum Gasteiger partial charge on any atom is 0.418 e. The Morgan fingerprint density at radius 2 is 1.02 bits per heavy atom. The quantitative estimate of drug-likeness (QED) is 0.0796. The van der Waals surface area contributed by atoms with Crippen molar-refractivity contribution in [3.05, 3.63) is 114 Å². The molecular weight excluding hydrogens is 1080 g/mol. The van der Waals surface area contributed by atoms with Gasteiger partial charge in [-0.25, -0.2) is 24.9 Å². The number of nitrogens with one attached hydrogen (secondary N) is 6. The molecule has 6 N–H and O–H groups in total. The molecule has 4 atom stereocenters. The van der Waals surface area contributed by atoms with E-state index in [9.17, 15) is 13.2 Å². The number of rotatable bonds is 9. The highest BCUT2D eigenvalue weighted by molar-refractivity contribution is 6.33. The minimum atomic E-state index is -4.51. The van der Waals surface area contributed by atoms with Crippen LogP contribution in [-0.2, 0) is 6.18 Å². The van der Waals surface area contributed by atoms with Gasteiger partial charge in [-0.2, -0.15) is 28.5 Å². The predicted octanol–water partition coefficient (Wildman–Crippen LogP) is 12.7. The molecule has 0 aliphatic carbocycles. The second-order valence-corrected chi connectivity index (χ2v) is 26.2. The Kier molecular flexibility index (Phi) is 17.5. The Morgan fingerprint density at radius 3 is 1.57 bits per heavy atom. The molecule has 3 aliphatic rings. The van der Waals surface area contributed by atoms with Gasteiger partial charge in [0.05, 0.1) is 33.4 Å². The first-order chi connectivity index (χ1) is 39.5. The minimum absolute atomic E-state index is 0. The van der Waals surface area contributed by atoms with Gasteiger partial charge < -0.3 is 25.8 Å². The van der Waals surface area contributed by atoms with E-state index in [1.165, 1.54) is 6.07 Å². The standard InChI is InChI=1S/C22H26F3N5.C20H25ClN6.C20H26N6.H2/c1-21(2,3)12-14-11-13(8-10-26-14)17-7-6-16(22(23,24)25)19(28-17)18-15-5-4-9-27-20(15)30-29-18;1-20(2,3)11-13-12-27(10-9-22-13)16-7-6-15(21)18(24-16)17-14-5-4-8-23-19(14)26-25-17;1-20(2,3)12-14-13-26(11-10-21-14)17-8-4-7-16(23-17)18-15-6-5-9-22-19(15)25-24-18;/h4-7,9,13-14,26H,8,10-12H2,1-3H3,(H,27,29,30);4-8,13,22H,9-12H2,1-3H3,(H,23,25,26);4-9,14,21H,10-13H2,1-3H3,(H,22,24,25);1H/t13?,14-;13-;14-;/m100./s1. The van der Waals surface area contributed by atoms with Gasteiger partial charge in [0.25, 0.3) is 0 Å². The van der Waals surface area contributed by atoms with Crippen LogP contribution in [0.3, 0.4) is 0 Å². The largest absolute Gasteiger partial charge is 0.418 e. The van der Waals surface area contributed by atoms with Crippen molar-refractivity contribution in [2.24, 2.45) is 16.2 Å². The van der Waals surface area contributed by atoms with Crippen molar-refractivity contribution in [1.29, 1.82) is 0 Å². The molecule has 440 valence electrons. The lowest BCUT2D eigenvalue weighted by Gasteiger charge is -2.37. The molecule has 0 bridgehead atoms. The van der Waals surface area contributed by atoms with E-state index in [1.807, 2.05) is 42.5 Å². The fraction of sp³-hybridized carbons (Fsp3) is 0.468. The van der Waals surface area contributed by atoms with Crippen molar-refractivity contribution in [2.75, 3.05) is 55.6 Å². The second kappa shape index (κ2) is 24.6. The molecule has 3 saturated heterocycles. The fourth-order valence-corrected chi connectivity index (χ4v) is 11.9. The topological polar surface area (TPSA) is 206 Å².